The molecular formula is C20H27N3O3S. The molecule has 3 rings (SSSR count). The van der Waals surface area contributed by atoms with Gasteiger partial charge in [0.15, 0.2) is 5.16 Å². The van der Waals surface area contributed by atoms with Gasteiger partial charge in [-0.1, -0.05) is 30.8 Å². The second-order valence-corrected chi connectivity index (χ2v) is 8.01. The second-order valence-electron chi connectivity index (χ2n) is 7.07. The molecule has 0 saturated carbocycles. The zero-order valence-corrected chi connectivity index (χ0v) is 16.8. The lowest BCUT2D eigenvalue weighted by molar-refractivity contribution is -0.129. The van der Waals surface area contributed by atoms with Crippen molar-refractivity contribution in [1.82, 2.24) is 14.5 Å². The quantitative estimate of drug-likeness (QED) is 0.414. The SMILES string of the molecule is COCCCn1c(SCC(=O)N2CCC(C)CC2)nc2ccccc2c1=O. The summed E-state index contributed by atoms with van der Waals surface area (Å²) in [6, 6.07) is 7.36. The van der Waals surface area contributed by atoms with E-state index in [4.69, 9.17) is 4.74 Å². The number of methoxy groups -OCH3 is 1. The summed E-state index contributed by atoms with van der Waals surface area (Å²) in [4.78, 5) is 32.1. The molecule has 2 aromatic rings. The maximum Gasteiger partial charge on any atom is 0.262 e. The number of aromatic nitrogens is 2. The summed E-state index contributed by atoms with van der Waals surface area (Å²) in [5.41, 5.74) is 0.616. The summed E-state index contributed by atoms with van der Waals surface area (Å²) < 4.78 is 6.79. The zero-order chi connectivity index (χ0) is 19.2. The number of ether oxygens (including phenoxy) is 1. The number of benzene rings is 1. The Bertz CT molecular complexity index is 844. The monoisotopic (exact) mass is 389 g/mol. The zero-order valence-electron chi connectivity index (χ0n) is 16.0. The van der Waals surface area contributed by atoms with Gasteiger partial charge in [0.05, 0.1) is 16.7 Å². The Morgan fingerprint density at radius 1 is 1.30 bits per heavy atom. The molecule has 0 spiro atoms. The first-order valence-corrected chi connectivity index (χ1v) is 10.5. The number of thioether (sulfide) groups is 1. The molecule has 27 heavy (non-hydrogen) atoms. The van der Waals surface area contributed by atoms with Crippen molar-refractivity contribution in [3.05, 3.63) is 34.6 Å². The van der Waals surface area contributed by atoms with E-state index in [-0.39, 0.29) is 11.5 Å². The van der Waals surface area contributed by atoms with Crippen molar-refractivity contribution < 1.29 is 9.53 Å². The molecule has 0 aliphatic carbocycles. The van der Waals surface area contributed by atoms with Crippen LogP contribution in [0.2, 0.25) is 0 Å². The molecule has 1 aromatic carbocycles. The highest BCUT2D eigenvalue weighted by Crippen LogP contribution is 2.21. The molecule has 7 heteroatoms. The molecule has 146 valence electrons. The molecule has 0 N–H and O–H groups in total. The Labute approximate surface area is 163 Å². The average Bonchev–Trinajstić information content (AvgIpc) is 2.68. The van der Waals surface area contributed by atoms with E-state index in [2.05, 4.69) is 11.9 Å². The molecule has 6 nitrogen and oxygen atoms in total. The molecule has 1 saturated heterocycles. The maximum absolute atomic E-state index is 12.9. The van der Waals surface area contributed by atoms with Crippen molar-refractivity contribution in [3.63, 3.8) is 0 Å². The lowest BCUT2D eigenvalue weighted by Crippen LogP contribution is -2.39. The average molecular weight is 390 g/mol. The molecule has 0 radical (unpaired) electrons. The summed E-state index contributed by atoms with van der Waals surface area (Å²) in [5.74, 6) is 1.12. The highest BCUT2D eigenvalue weighted by Gasteiger charge is 2.21. The molecule has 0 atom stereocenters. The van der Waals surface area contributed by atoms with Crippen LogP contribution in [0.1, 0.15) is 26.2 Å². The third-order valence-electron chi connectivity index (χ3n) is 5.02. The van der Waals surface area contributed by atoms with Crippen LogP contribution in [0.5, 0.6) is 0 Å². The number of carbonyl (C=O) groups excluding carboxylic acids is 1. The van der Waals surface area contributed by atoms with Crippen LogP contribution in [0.3, 0.4) is 0 Å². The van der Waals surface area contributed by atoms with Crippen LogP contribution < -0.4 is 5.56 Å². The Kier molecular flexibility index (Phi) is 6.90. The van der Waals surface area contributed by atoms with E-state index in [1.807, 2.05) is 23.1 Å². The summed E-state index contributed by atoms with van der Waals surface area (Å²) in [5, 5.41) is 1.21. The van der Waals surface area contributed by atoms with Gasteiger partial charge >= 0.3 is 0 Å². The standard InChI is InChI=1S/C20H27N3O3S/c1-15-8-11-22(12-9-15)18(24)14-27-20-21-17-7-4-3-6-16(17)19(25)23(20)10-5-13-26-2/h3-4,6-7,15H,5,8-14H2,1-2H3. The summed E-state index contributed by atoms with van der Waals surface area (Å²) in [6.45, 7) is 4.99. The van der Waals surface area contributed by atoms with E-state index in [1.165, 1.54) is 11.8 Å². The van der Waals surface area contributed by atoms with Gasteiger partial charge in [0.1, 0.15) is 0 Å². The first-order valence-electron chi connectivity index (χ1n) is 9.49. The Morgan fingerprint density at radius 3 is 2.78 bits per heavy atom. The summed E-state index contributed by atoms with van der Waals surface area (Å²) in [6.07, 6.45) is 2.85. The predicted octanol–water partition coefficient (Wildman–Crippen LogP) is 2.78. The highest BCUT2D eigenvalue weighted by molar-refractivity contribution is 7.99. The molecule has 1 aromatic heterocycles. The molecule has 0 unspecified atom stereocenters. The molecular weight excluding hydrogens is 362 g/mol. The molecule has 1 fully saturated rings. The Morgan fingerprint density at radius 2 is 2.04 bits per heavy atom. The van der Waals surface area contributed by atoms with Crippen molar-refractivity contribution in [2.75, 3.05) is 32.6 Å². The topological polar surface area (TPSA) is 64.4 Å². The number of piperidine rings is 1. The number of nitrogens with zero attached hydrogens (tertiary/aromatic N) is 3. The first kappa shape index (κ1) is 19.9. The number of likely N-dealkylation sites (tertiary alicyclic amines) is 1. The Hall–Kier alpha value is -1.86. The van der Waals surface area contributed by atoms with Crippen molar-refractivity contribution >= 4 is 28.6 Å². The number of rotatable bonds is 7. The van der Waals surface area contributed by atoms with Crippen LogP contribution in [0, 0.1) is 5.92 Å². The van der Waals surface area contributed by atoms with Crippen LogP contribution in [-0.2, 0) is 16.1 Å². The van der Waals surface area contributed by atoms with Gasteiger partial charge in [-0.15, -0.1) is 0 Å². The highest BCUT2D eigenvalue weighted by atomic mass is 32.2. The minimum absolute atomic E-state index is 0.0570. The van der Waals surface area contributed by atoms with Crippen LogP contribution in [-0.4, -0.2) is 52.9 Å². The van der Waals surface area contributed by atoms with Gasteiger partial charge in [0.2, 0.25) is 5.91 Å². The third-order valence-corrected chi connectivity index (χ3v) is 5.98. The van der Waals surface area contributed by atoms with Crippen LogP contribution in [0.25, 0.3) is 10.9 Å². The fourth-order valence-electron chi connectivity index (χ4n) is 3.30. The largest absolute Gasteiger partial charge is 0.385 e. The van der Waals surface area contributed by atoms with Gasteiger partial charge in [-0.2, -0.15) is 0 Å². The molecule has 1 aliphatic rings. The third kappa shape index (κ3) is 4.90. The molecule has 0 bridgehead atoms. The van der Waals surface area contributed by atoms with Crippen molar-refractivity contribution in [2.45, 2.75) is 37.9 Å². The van der Waals surface area contributed by atoms with E-state index in [9.17, 15) is 9.59 Å². The van der Waals surface area contributed by atoms with Crippen molar-refractivity contribution in [3.8, 4) is 0 Å². The van der Waals surface area contributed by atoms with Gasteiger partial charge < -0.3 is 9.64 Å². The smallest absolute Gasteiger partial charge is 0.262 e. The van der Waals surface area contributed by atoms with E-state index in [0.717, 1.165) is 32.4 Å². The summed E-state index contributed by atoms with van der Waals surface area (Å²) in [7, 11) is 1.65. The normalized spacial score (nSPS) is 15.4. The van der Waals surface area contributed by atoms with Gasteiger partial charge in [-0.3, -0.25) is 14.2 Å². The van der Waals surface area contributed by atoms with Gasteiger partial charge in [-0.05, 0) is 37.3 Å². The number of hydrogen-bond acceptors (Lipinski definition) is 5. The summed E-state index contributed by atoms with van der Waals surface area (Å²) >= 11 is 1.36. The van der Waals surface area contributed by atoms with Gasteiger partial charge in [0, 0.05) is 33.4 Å². The minimum Gasteiger partial charge on any atom is -0.385 e. The number of amides is 1. The first-order chi connectivity index (χ1) is 13.1. The van der Waals surface area contributed by atoms with E-state index < -0.39 is 0 Å². The van der Waals surface area contributed by atoms with Gasteiger partial charge in [-0.25, -0.2) is 4.98 Å². The van der Waals surface area contributed by atoms with Crippen LogP contribution in [0.15, 0.2) is 34.2 Å². The number of carbonyl (C=O) groups is 1. The maximum atomic E-state index is 12.9. The second kappa shape index (κ2) is 9.37. The fraction of sp³-hybridized carbons (Fsp3) is 0.550. The number of hydrogen-bond donors (Lipinski definition) is 0. The Balaban J connectivity index is 1.78. The number of fused-ring (bicyclic) bond motifs is 1. The molecule has 2 heterocycles. The van der Waals surface area contributed by atoms with E-state index >= 15 is 0 Å². The van der Waals surface area contributed by atoms with Crippen LogP contribution in [0.4, 0.5) is 0 Å². The fourth-order valence-corrected chi connectivity index (χ4v) is 4.23. The molecule has 1 amide bonds. The predicted molar refractivity (Wildman–Crippen MR) is 108 cm³/mol. The number of para-hydroxylation sites is 1. The van der Waals surface area contributed by atoms with Gasteiger partial charge in [0.25, 0.3) is 5.56 Å². The van der Waals surface area contributed by atoms with Crippen LogP contribution >= 0.6 is 11.8 Å². The van der Waals surface area contributed by atoms with E-state index in [1.54, 1.807) is 17.7 Å². The molecule has 1 aliphatic heterocycles. The van der Waals surface area contributed by atoms with E-state index in [0.29, 0.717) is 40.9 Å². The van der Waals surface area contributed by atoms with Crippen molar-refractivity contribution in [1.29, 1.82) is 0 Å². The minimum atomic E-state index is -0.0570. The van der Waals surface area contributed by atoms with Crippen molar-refractivity contribution in [2.24, 2.45) is 5.92 Å². The lowest BCUT2D eigenvalue weighted by atomic mass is 9.99. The lowest BCUT2D eigenvalue weighted by Gasteiger charge is -2.30.